The summed E-state index contributed by atoms with van der Waals surface area (Å²) >= 11 is 0. The minimum absolute atomic E-state index is 0.0107. The Morgan fingerprint density at radius 2 is 1.48 bits per heavy atom. The van der Waals surface area contributed by atoms with Crippen LogP contribution < -0.4 is 0 Å². The van der Waals surface area contributed by atoms with Crippen molar-refractivity contribution in [1.29, 1.82) is 0 Å². The van der Waals surface area contributed by atoms with E-state index in [-0.39, 0.29) is 6.10 Å². The molecule has 29 heavy (non-hydrogen) atoms. The molecule has 0 spiro atoms. The molecule has 168 valence electrons. The van der Waals surface area contributed by atoms with Gasteiger partial charge in [0.25, 0.3) is 0 Å². The van der Waals surface area contributed by atoms with Crippen molar-refractivity contribution in [2.24, 2.45) is 58.2 Å². The Morgan fingerprint density at radius 1 is 0.793 bits per heavy atom. The van der Waals surface area contributed by atoms with Crippen LogP contribution in [0.2, 0.25) is 0 Å². The summed E-state index contributed by atoms with van der Waals surface area (Å²) in [6, 6.07) is 0. The normalized spacial score (nSPS) is 49.2. The van der Waals surface area contributed by atoms with E-state index in [0.717, 1.165) is 60.2 Å². The molecule has 0 aromatic heterocycles. The summed E-state index contributed by atoms with van der Waals surface area (Å²) in [5, 5.41) is 10.3. The van der Waals surface area contributed by atoms with Gasteiger partial charge in [0.05, 0.1) is 6.10 Å². The Hall–Kier alpha value is -0.0400. The van der Waals surface area contributed by atoms with Crippen molar-refractivity contribution in [1.82, 2.24) is 0 Å². The van der Waals surface area contributed by atoms with E-state index >= 15 is 0 Å². The van der Waals surface area contributed by atoms with E-state index < -0.39 is 0 Å². The van der Waals surface area contributed by atoms with Crippen LogP contribution in [0.3, 0.4) is 0 Å². The maximum absolute atomic E-state index is 10.3. The first kappa shape index (κ1) is 22.2. The molecule has 1 N–H and O–H groups in total. The fourth-order valence-electron chi connectivity index (χ4n) is 9.27. The molecular formula is C28H50O. The summed E-state index contributed by atoms with van der Waals surface area (Å²) in [5.41, 5.74) is 1.14. The lowest BCUT2D eigenvalue weighted by Gasteiger charge is -2.61. The van der Waals surface area contributed by atoms with Gasteiger partial charge in [-0.25, -0.2) is 0 Å². The van der Waals surface area contributed by atoms with Crippen molar-refractivity contribution < 1.29 is 5.11 Å². The molecule has 0 aromatic rings. The van der Waals surface area contributed by atoms with Gasteiger partial charge >= 0.3 is 0 Å². The van der Waals surface area contributed by atoms with Crippen LogP contribution in [-0.2, 0) is 0 Å². The summed E-state index contributed by atoms with van der Waals surface area (Å²) in [5.74, 6) is 7.28. The summed E-state index contributed by atoms with van der Waals surface area (Å²) < 4.78 is 0. The second-order valence-electron chi connectivity index (χ2n) is 13.1. The minimum atomic E-state index is -0.0107. The second-order valence-corrected chi connectivity index (χ2v) is 13.1. The number of hydrogen-bond donors (Lipinski definition) is 1. The molecule has 10 atom stereocenters. The van der Waals surface area contributed by atoms with E-state index in [1.165, 1.54) is 57.8 Å². The van der Waals surface area contributed by atoms with Gasteiger partial charge in [-0.15, -0.1) is 0 Å². The fourth-order valence-corrected chi connectivity index (χ4v) is 9.27. The number of aliphatic hydroxyl groups is 1. The second kappa shape index (κ2) is 8.14. The summed E-state index contributed by atoms with van der Waals surface area (Å²) in [7, 11) is 0. The van der Waals surface area contributed by atoms with Gasteiger partial charge in [-0.2, -0.15) is 0 Å². The number of rotatable bonds is 5. The molecule has 0 radical (unpaired) electrons. The first-order valence-corrected chi connectivity index (χ1v) is 13.3. The van der Waals surface area contributed by atoms with Gasteiger partial charge in [0.1, 0.15) is 0 Å². The summed E-state index contributed by atoms with van der Waals surface area (Å²) in [4.78, 5) is 0. The molecule has 1 heteroatoms. The van der Waals surface area contributed by atoms with Crippen molar-refractivity contribution in [3.05, 3.63) is 0 Å². The van der Waals surface area contributed by atoms with Crippen LogP contribution in [0.1, 0.15) is 112 Å². The molecule has 0 saturated heterocycles. The van der Waals surface area contributed by atoms with Crippen LogP contribution in [0.4, 0.5) is 0 Å². The molecule has 0 aromatic carbocycles. The van der Waals surface area contributed by atoms with Crippen LogP contribution in [0.5, 0.6) is 0 Å². The quantitative estimate of drug-likeness (QED) is 0.499. The molecule has 0 bridgehead atoms. The lowest BCUT2D eigenvalue weighted by molar-refractivity contribution is -0.129. The third-order valence-electron chi connectivity index (χ3n) is 11.6. The first-order chi connectivity index (χ1) is 13.7. The summed E-state index contributed by atoms with van der Waals surface area (Å²) in [6.45, 7) is 15.2. The molecular weight excluding hydrogens is 352 g/mol. The van der Waals surface area contributed by atoms with E-state index in [1.54, 1.807) is 0 Å². The van der Waals surface area contributed by atoms with Crippen molar-refractivity contribution in [2.75, 3.05) is 0 Å². The molecule has 4 saturated carbocycles. The van der Waals surface area contributed by atoms with Crippen LogP contribution in [0.15, 0.2) is 0 Å². The van der Waals surface area contributed by atoms with Gasteiger partial charge in [0.2, 0.25) is 0 Å². The molecule has 4 rings (SSSR count). The average molecular weight is 403 g/mol. The van der Waals surface area contributed by atoms with Crippen LogP contribution >= 0.6 is 0 Å². The SMILES string of the molecule is CC(C)[C@H](C)CC[C@@H](C)[C@H]1CC[C@H]2[C@@H]3CC[C@H]4C[C@H](O)CC[C@]4(C)[C@H]3CC[C@]12C. The highest BCUT2D eigenvalue weighted by Gasteiger charge is 2.60. The maximum atomic E-state index is 10.3. The van der Waals surface area contributed by atoms with E-state index in [0.29, 0.717) is 10.8 Å². The molecule has 4 aliphatic rings. The number of hydrogen-bond acceptors (Lipinski definition) is 1. The molecule has 4 aliphatic carbocycles. The zero-order chi connectivity index (χ0) is 21.0. The smallest absolute Gasteiger partial charge is 0.0543 e. The maximum Gasteiger partial charge on any atom is 0.0543 e. The standard InChI is InChI=1S/C28H50O/c1-18(2)19(3)7-8-20(4)24-11-12-25-23-10-9-21-17-22(29)13-15-27(21,5)26(23)14-16-28(24,25)6/h18-26,29H,7-17H2,1-6H3/t19-,20-,21+,22-,23+,24-,25+,26+,27+,28-/m1/s1. The van der Waals surface area contributed by atoms with Crippen LogP contribution in [-0.4, -0.2) is 11.2 Å². The minimum Gasteiger partial charge on any atom is -0.393 e. The fraction of sp³-hybridized carbons (Fsp3) is 1.00. The van der Waals surface area contributed by atoms with Crippen LogP contribution in [0, 0.1) is 58.2 Å². The van der Waals surface area contributed by atoms with Gasteiger partial charge in [0, 0.05) is 0 Å². The summed E-state index contributed by atoms with van der Waals surface area (Å²) in [6.07, 6.45) is 15.1. The van der Waals surface area contributed by atoms with Gasteiger partial charge in [-0.3, -0.25) is 0 Å². The Morgan fingerprint density at radius 3 is 2.21 bits per heavy atom. The average Bonchev–Trinajstić information content (AvgIpc) is 3.03. The van der Waals surface area contributed by atoms with Gasteiger partial charge in [0.15, 0.2) is 0 Å². The third-order valence-corrected chi connectivity index (χ3v) is 11.6. The van der Waals surface area contributed by atoms with E-state index in [4.69, 9.17) is 0 Å². The highest BCUT2D eigenvalue weighted by Crippen LogP contribution is 2.68. The van der Waals surface area contributed by atoms with E-state index in [9.17, 15) is 5.11 Å². The van der Waals surface area contributed by atoms with Crippen molar-refractivity contribution in [3.63, 3.8) is 0 Å². The monoisotopic (exact) mass is 402 g/mol. The van der Waals surface area contributed by atoms with E-state index in [1.807, 2.05) is 0 Å². The number of aliphatic hydroxyl groups excluding tert-OH is 1. The topological polar surface area (TPSA) is 20.2 Å². The molecule has 4 fully saturated rings. The van der Waals surface area contributed by atoms with Gasteiger partial charge in [-0.1, -0.05) is 54.4 Å². The molecule has 1 nitrogen and oxygen atoms in total. The first-order valence-electron chi connectivity index (χ1n) is 13.3. The van der Waals surface area contributed by atoms with Gasteiger partial charge in [-0.05, 0) is 116 Å². The highest BCUT2D eigenvalue weighted by molar-refractivity contribution is 5.09. The van der Waals surface area contributed by atoms with Crippen LogP contribution in [0.25, 0.3) is 0 Å². The van der Waals surface area contributed by atoms with Crippen molar-refractivity contribution >= 4 is 0 Å². The molecule has 0 heterocycles. The molecule has 0 aliphatic heterocycles. The van der Waals surface area contributed by atoms with Crippen molar-refractivity contribution in [3.8, 4) is 0 Å². The zero-order valence-electron chi connectivity index (χ0n) is 20.4. The molecule has 0 amide bonds. The van der Waals surface area contributed by atoms with Crippen molar-refractivity contribution in [2.45, 2.75) is 118 Å². The van der Waals surface area contributed by atoms with Gasteiger partial charge < -0.3 is 5.11 Å². The Labute approximate surface area is 181 Å². The number of fused-ring (bicyclic) bond motifs is 5. The third kappa shape index (κ3) is 3.74. The van der Waals surface area contributed by atoms with E-state index in [2.05, 4.69) is 41.5 Å². The Kier molecular flexibility index (Phi) is 6.22. The Bertz CT molecular complexity index is 569. The highest BCUT2D eigenvalue weighted by atomic mass is 16.3. The molecule has 0 unspecified atom stereocenters. The lowest BCUT2D eigenvalue weighted by atomic mass is 9.44. The Balaban J connectivity index is 1.46. The largest absolute Gasteiger partial charge is 0.393 e. The predicted molar refractivity (Wildman–Crippen MR) is 124 cm³/mol. The lowest BCUT2D eigenvalue weighted by Crippen LogP contribution is -2.54. The zero-order valence-corrected chi connectivity index (χ0v) is 20.4. The predicted octanol–water partition coefficient (Wildman–Crippen LogP) is 7.71.